The summed E-state index contributed by atoms with van der Waals surface area (Å²) in [5, 5.41) is 12.0. The number of piperazine rings is 1. The van der Waals surface area contributed by atoms with E-state index in [4.69, 9.17) is 4.74 Å². The molecule has 1 aliphatic heterocycles. The second kappa shape index (κ2) is 8.69. The van der Waals surface area contributed by atoms with E-state index in [0.29, 0.717) is 32.7 Å². The van der Waals surface area contributed by atoms with Crippen LogP contribution in [0.15, 0.2) is 36.0 Å². The fourth-order valence-corrected chi connectivity index (χ4v) is 3.33. The van der Waals surface area contributed by atoms with Crippen molar-refractivity contribution in [3.63, 3.8) is 0 Å². The van der Waals surface area contributed by atoms with E-state index in [-0.39, 0.29) is 5.57 Å². The maximum Gasteiger partial charge on any atom is 0.263 e. The molecule has 0 aromatic heterocycles. The number of hydrogen-bond acceptors (Lipinski definition) is 6. The Morgan fingerprint density at radius 2 is 1.88 bits per heavy atom. The average Bonchev–Trinajstić information content (AvgIpc) is 2.64. The average molecular weight is 378 g/mol. The van der Waals surface area contributed by atoms with Gasteiger partial charge in [0, 0.05) is 38.9 Å². The van der Waals surface area contributed by atoms with Gasteiger partial charge in [0.05, 0.1) is 13.4 Å². The molecular weight excluding hydrogens is 356 g/mol. The monoisotopic (exact) mass is 378 g/mol. The van der Waals surface area contributed by atoms with Crippen molar-refractivity contribution in [3.05, 3.63) is 41.6 Å². The highest BCUT2D eigenvalue weighted by Crippen LogP contribution is 2.11. The normalized spacial score (nSPS) is 16.0. The summed E-state index contributed by atoms with van der Waals surface area (Å²) in [5.41, 5.74) is 0.879. The molecule has 1 heterocycles. The topological polar surface area (TPSA) is 103 Å². The molecule has 26 heavy (non-hydrogen) atoms. The Kier molecular flexibility index (Phi) is 6.60. The van der Waals surface area contributed by atoms with Crippen LogP contribution in [-0.2, 0) is 21.4 Å². The lowest BCUT2D eigenvalue weighted by atomic mass is 10.2. The summed E-state index contributed by atoms with van der Waals surface area (Å²) in [6.07, 6.45) is 2.66. The standard InChI is InChI=1S/C17H22N4O4S/c1-25-16-5-3-14(4-6-16)12-19-17(22)15(11-18)13-20-7-9-21(10-8-20)26(2,23)24/h3-6,13H,7-10,12H2,1-2H3,(H,19,22)/b15-13-. The number of rotatable bonds is 6. The molecule has 1 aliphatic rings. The summed E-state index contributed by atoms with van der Waals surface area (Å²) < 4.78 is 29.5. The summed E-state index contributed by atoms with van der Waals surface area (Å²) in [6.45, 7) is 1.83. The van der Waals surface area contributed by atoms with Gasteiger partial charge in [-0.15, -0.1) is 0 Å². The second-order valence-electron chi connectivity index (χ2n) is 5.88. The zero-order valence-corrected chi connectivity index (χ0v) is 15.6. The van der Waals surface area contributed by atoms with Crippen molar-refractivity contribution >= 4 is 15.9 Å². The van der Waals surface area contributed by atoms with Crippen LogP contribution in [0.2, 0.25) is 0 Å². The predicted octanol–water partition coefficient (Wildman–Crippen LogP) is 0.296. The zero-order valence-electron chi connectivity index (χ0n) is 14.8. The fourth-order valence-electron chi connectivity index (χ4n) is 2.51. The number of nitrogens with zero attached hydrogens (tertiary/aromatic N) is 3. The Hall–Kier alpha value is -2.57. The lowest BCUT2D eigenvalue weighted by Gasteiger charge is -2.32. The first-order valence-electron chi connectivity index (χ1n) is 8.05. The van der Waals surface area contributed by atoms with Gasteiger partial charge >= 0.3 is 0 Å². The lowest BCUT2D eigenvalue weighted by Crippen LogP contribution is -2.46. The quantitative estimate of drug-likeness (QED) is 0.564. The minimum atomic E-state index is -3.21. The molecule has 0 unspecified atom stereocenters. The highest BCUT2D eigenvalue weighted by Gasteiger charge is 2.22. The highest BCUT2D eigenvalue weighted by molar-refractivity contribution is 7.88. The molecule has 1 saturated heterocycles. The van der Waals surface area contributed by atoms with E-state index in [2.05, 4.69) is 5.32 Å². The molecule has 9 heteroatoms. The molecule has 2 rings (SSSR count). The van der Waals surface area contributed by atoms with E-state index in [9.17, 15) is 18.5 Å². The van der Waals surface area contributed by atoms with Gasteiger partial charge in [-0.3, -0.25) is 4.79 Å². The van der Waals surface area contributed by atoms with Crippen LogP contribution in [-0.4, -0.2) is 63.1 Å². The van der Waals surface area contributed by atoms with Gasteiger partial charge in [0.2, 0.25) is 10.0 Å². The molecule has 1 aromatic carbocycles. The molecule has 0 saturated carbocycles. The number of nitrogens with one attached hydrogen (secondary N) is 1. The van der Waals surface area contributed by atoms with Crippen LogP contribution in [0.3, 0.4) is 0 Å². The third-order valence-electron chi connectivity index (χ3n) is 4.03. The van der Waals surface area contributed by atoms with Gasteiger partial charge in [-0.2, -0.15) is 9.57 Å². The van der Waals surface area contributed by atoms with E-state index in [1.807, 2.05) is 18.2 Å². The highest BCUT2D eigenvalue weighted by atomic mass is 32.2. The number of carbonyl (C=O) groups is 1. The molecule has 0 aliphatic carbocycles. The molecule has 8 nitrogen and oxygen atoms in total. The van der Waals surface area contributed by atoms with Crippen LogP contribution in [0.1, 0.15) is 5.56 Å². The summed E-state index contributed by atoms with van der Waals surface area (Å²) >= 11 is 0. The Balaban J connectivity index is 1.91. The number of methoxy groups -OCH3 is 1. The summed E-state index contributed by atoms with van der Waals surface area (Å²) in [5.74, 6) is 0.264. The summed E-state index contributed by atoms with van der Waals surface area (Å²) in [6, 6.07) is 9.16. The van der Waals surface area contributed by atoms with Crippen LogP contribution >= 0.6 is 0 Å². The fraction of sp³-hybridized carbons (Fsp3) is 0.412. The van der Waals surface area contributed by atoms with E-state index in [1.165, 1.54) is 16.8 Å². The molecule has 0 bridgehead atoms. The van der Waals surface area contributed by atoms with Crippen molar-refractivity contribution in [1.29, 1.82) is 5.26 Å². The van der Waals surface area contributed by atoms with Crippen molar-refractivity contribution in [2.24, 2.45) is 0 Å². The number of nitriles is 1. The van der Waals surface area contributed by atoms with Gasteiger partial charge in [0.1, 0.15) is 17.4 Å². The van der Waals surface area contributed by atoms with Crippen molar-refractivity contribution in [3.8, 4) is 11.8 Å². The number of carbonyl (C=O) groups excluding carboxylic acids is 1. The van der Waals surface area contributed by atoms with Crippen LogP contribution < -0.4 is 10.1 Å². The largest absolute Gasteiger partial charge is 0.497 e. The zero-order chi connectivity index (χ0) is 19.2. The van der Waals surface area contributed by atoms with Gasteiger partial charge in [-0.1, -0.05) is 12.1 Å². The summed E-state index contributed by atoms with van der Waals surface area (Å²) in [4.78, 5) is 14.0. The van der Waals surface area contributed by atoms with Crippen LogP contribution in [0.25, 0.3) is 0 Å². The number of amides is 1. The second-order valence-corrected chi connectivity index (χ2v) is 7.87. The van der Waals surface area contributed by atoms with Gasteiger partial charge in [-0.25, -0.2) is 8.42 Å². The van der Waals surface area contributed by atoms with Crippen molar-refractivity contribution < 1.29 is 17.9 Å². The predicted molar refractivity (Wildman–Crippen MR) is 96.5 cm³/mol. The SMILES string of the molecule is COc1ccc(CNC(=O)/C(C#N)=C\N2CCN(S(C)(=O)=O)CC2)cc1. The van der Waals surface area contributed by atoms with Gasteiger partial charge < -0.3 is 15.0 Å². The maximum absolute atomic E-state index is 12.2. The Bertz CT molecular complexity index is 804. The van der Waals surface area contributed by atoms with E-state index >= 15 is 0 Å². The molecule has 0 spiro atoms. The maximum atomic E-state index is 12.2. The molecular formula is C17H22N4O4S. The van der Waals surface area contributed by atoms with E-state index < -0.39 is 15.9 Å². The first-order valence-corrected chi connectivity index (χ1v) is 9.90. The summed E-state index contributed by atoms with van der Waals surface area (Å²) in [7, 11) is -1.63. The number of benzene rings is 1. The van der Waals surface area contributed by atoms with Gasteiger partial charge in [0.25, 0.3) is 5.91 Å². The van der Waals surface area contributed by atoms with Gasteiger partial charge in [0.15, 0.2) is 0 Å². The van der Waals surface area contributed by atoms with Gasteiger partial charge in [-0.05, 0) is 17.7 Å². The molecule has 1 amide bonds. The molecule has 0 atom stereocenters. The van der Waals surface area contributed by atoms with Crippen LogP contribution in [0.5, 0.6) is 5.75 Å². The number of sulfonamides is 1. The molecule has 1 aromatic rings. The number of hydrogen-bond donors (Lipinski definition) is 1. The first kappa shape index (κ1) is 19.8. The van der Waals surface area contributed by atoms with E-state index in [0.717, 1.165) is 11.3 Å². The Morgan fingerprint density at radius 1 is 1.27 bits per heavy atom. The number of ether oxygens (including phenoxy) is 1. The molecule has 1 N–H and O–H groups in total. The van der Waals surface area contributed by atoms with Crippen molar-refractivity contribution in [2.75, 3.05) is 39.5 Å². The van der Waals surface area contributed by atoms with Crippen molar-refractivity contribution in [1.82, 2.24) is 14.5 Å². The van der Waals surface area contributed by atoms with Crippen LogP contribution in [0, 0.1) is 11.3 Å². The smallest absolute Gasteiger partial charge is 0.263 e. The third-order valence-corrected chi connectivity index (χ3v) is 5.33. The minimum Gasteiger partial charge on any atom is -0.497 e. The molecule has 140 valence electrons. The minimum absolute atomic E-state index is 0.00804. The first-order chi connectivity index (χ1) is 12.3. The Morgan fingerprint density at radius 3 is 2.38 bits per heavy atom. The van der Waals surface area contributed by atoms with E-state index in [1.54, 1.807) is 24.1 Å². The Labute approximate surface area is 153 Å². The van der Waals surface area contributed by atoms with Crippen molar-refractivity contribution in [2.45, 2.75) is 6.54 Å². The third kappa shape index (κ3) is 5.47. The molecule has 0 radical (unpaired) electrons. The lowest BCUT2D eigenvalue weighted by molar-refractivity contribution is -0.117. The van der Waals surface area contributed by atoms with Crippen LogP contribution in [0.4, 0.5) is 0 Å². The molecule has 1 fully saturated rings.